The van der Waals surface area contributed by atoms with Crippen molar-refractivity contribution >= 4 is 0 Å². The van der Waals surface area contributed by atoms with Gasteiger partial charge < -0.3 is 0 Å². The van der Waals surface area contributed by atoms with Crippen LogP contribution in [-0.4, -0.2) is 11.4 Å². The summed E-state index contributed by atoms with van der Waals surface area (Å²) >= 11 is 0. The van der Waals surface area contributed by atoms with E-state index in [4.69, 9.17) is 0 Å². The summed E-state index contributed by atoms with van der Waals surface area (Å²) in [6.07, 6.45) is 1.86. The van der Waals surface area contributed by atoms with Gasteiger partial charge in [-0.3, -0.25) is 4.90 Å². The van der Waals surface area contributed by atoms with Gasteiger partial charge in [0.2, 0.25) is 0 Å². The average Bonchev–Trinajstić information content (AvgIpc) is 3.43. The fourth-order valence-corrected chi connectivity index (χ4v) is 4.26. The van der Waals surface area contributed by atoms with E-state index in [0.29, 0.717) is 5.92 Å². The Labute approximate surface area is 174 Å². The molecular weight excluding hydrogens is 352 g/mol. The van der Waals surface area contributed by atoms with Crippen molar-refractivity contribution in [3.8, 4) is 6.07 Å². The summed E-state index contributed by atoms with van der Waals surface area (Å²) in [6.45, 7) is 4.92. The number of hydrogen-bond donors (Lipinski definition) is 0. The highest BCUT2D eigenvalue weighted by Gasteiger charge is 2.54. The monoisotopic (exact) mass is 380 g/mol. The molecule has 146 valence electrons. The highest BCUT2D eigenvalue weighted by Crippen LogP contribution is 2.54. The second kappa shape index (κ2) is 8.64. The van der Waals surface area contributed by atoms with Crippen molar-refractivity contribution in [3.05, 3.63) is 107 Å². The molecule has 0 N–H and O–H groups in total. The van der Waals surface area contributed by atoms with Crippen LogP contribution in [0.2, 0.25) is 0 Å². The molecule has 29 heavy (non-hydrogen) atoms. The van der Waals surface area contributed by atoms with Crippen LogP contribution >= 0.6 is 0 Å². The molecule has 3 aromatic carbocycles. The van der Waals surface area contributed by atoms with E-state index in [1.807, 2.05) is 6.07 Å². The topological polar surface area (TPSA) is 27.0 Å². The maximum Gasteiger partial charge on any atom is 0.0696 e. The Kier molecular flexibility index (Phi) is 5.79. The maximum atomic E-state index is 9.94. The maximum absolute atomic E-state index is 9.94. The Hall–Kier alpha value is -2.89. The van der Waals surface area contributed by atoms with E-state index < -0.39 is 0 Å². The zero-order valence-corrected chi connectivity index (χ0v) is 17.1. The third-order valence-corrected chi connectivity index (χ3v) is 6.07. The molecule has 0 aliphatic heterocycles. The summed E-state index contributed by atoms with van der Waals surface area (Å²) < 4.78 is 0. The van der Waals surface area contributed by atoms with Gasteiger partial charge in [0.05, 0.1) is 11.5 Å². The van der Waals surface area contributed by atoms with Crippen LogP contribution in [0.4, 0.5) is 0 Å². The molecule has 2 nitrogen and oxygen atoms in total. The molecule has 4 rings (SSSR count). The Bertz CT molecular complexity index is 957. The third-order valence-electron chi connectivity index (χ3n) is 6.07. The van der Waals surface area contributed by atoms with Crippen molar-refractivity contribution in [1.82, 2.24) is 4.90 Å². The van der Waals surface area contributed by atoms with Gasteiger partial charge in [0.25, 0.3) is 0 Å². The Balaban J connectivity index is 1.47. The lowest BCUT2D eigenvalue weighted by atomic mass is 9.95. The predicted octanol–water partition coefficient (Wildman–Crippen LogP) is 5.77. The van der Waals surface area contributed by atoms with E-state index in [-0.39, 0.29) is 5.41 Å². The van der Waals surface area contributed by atoms with Crippen LogP contribution in [0.5, 0.6) is 0 Å². The standard InChI is InChI=1S/C27H28N2/c1-22-12-14-25(15-13-22)19-29(18-24-10-6-3-7-11-24)20-26-17-27(26,21-28)16-23-8-4-2-5-9-23/h2-15,26H,16-20H2,1H3/t26-,27-/m0/s1. The van der Waals surface area contributed by atoms with Crippen molar-refractivity contribution in [2.45, 2.75) is 32.9 Å². The first kappa shape index (κ1) is 19.4. The quantitative estimate of drug-likeness (QED) is 0.496. The number of benzene rings is 3. The van der Waals surface area contributed by atoms with Gasteiger partial charge in [-0.25, -0.2) is 0 Å². The van der Waals surface area contributed by atoms with Crippen LogP contribution in [0.3, 0.4) is 0 Å². The highest BCUT2D eigenvalue weighted by atomic mass is 15.1. The van der Waals surface area contributed by atoms with Crippen LogP contribution in [0.15, 0.2) is 84.9 Å². The zero-order chi connectivity index (χ0) is 20.1. The second-order valence-electron chi connectivity index (χ2n) is 8.47. The third kappa shape index (κ3) is 4.94. The highest BCUT2D eigenvalue weighted by molar-refractivity contribution is 5.27. The van der Waals surface area contributed by atoms with E-state index in [2.05, 4.69) is 96.8 Å². The molecular formula is C27H28N2. The first-order valence-electron chi connectivity index (χ1n) is 10.4. The molecule has 0 amide bonds. The molecule has 0 saturated heterocycles. The fraction of sp³-hybridized carbons (Fsp3) is 0.296. The predicted molar refractivity (Wildman–Crippen MR) is 118 cm³/mol. The number of rotatable bonds is 8. The van der Waals surface area contributed by atoms with Crippen LogP contribution in [0.1, 0.15) is 28.7 Å². The van der Waals surface area contributed by atoms with Crippen molar-refractivity contribution in [3.63, 3.8) is 0 Å². The summed E-state index contributed by atoms with van der Waals surface area (Å²) in [5.41, 5.74) is 5.01. The molecule has 0 aromatic heterocycles. The van der Waals surface area contributed by atoms with Gasteiger partial charge in [-0.15, -0.1) is 0 Å². The largest absolute Gasteiger partial charge is 0.294 e. The van der Waals surface area contributed by atoms with Gasteiger partial charge in [0.15, 0.2) is 0 Å². The van der Waals surface area contributed by atoms with Crippen LogP contribution in [0, 0.1) is 29.6 Å². The molecule has 1 saturated carbocycles. The minimum absolute atomic E-state index is 0.205. The van der Waals surface area contributed by atoms with Crippen molar-refractivity contribution < 1.29 is 0 Å². The number of aryl methyl sites for hydroxylation is 1. The molecule has 1 fully saturated rings. The normalized spacial score (nSPS) is 20.4. The minimum Gasteiger partial charge on any atom is -0.294 e. The summed E-state index contributed by atoms with van der Waals surface area (Å²) in [5.74, 6) is 0.432. The van der Waals surface area contributed by atoms with Gasteiger partial charge in [0.1, 0.15) is 0 Å². The van der Waals surface area contributed by atoms with Crippen molar-refractivity contribution in [2.24, 2.45) is 11.3 Å². The molecule has 1 aliphatic rings. The van der Waals surface area contributed by atoms with Gasteiger partial charge in [-0.2, -0.15) is 5.26 Å². The molecule has 0 spiro atoms. The SMILES string of the molecule is Cc1ccc(CN(Cc2ccccc2)C[C@@H]2C[C@]2(C#N)Cc2ccccc2)cc1. The van der Waals surface area contributed by atoms with E-state index in [1.165, 1.54) is 22.3 Å². The molecule has 0 unspecified atom stereocenters. The van der Waals surface area contributed by atoms with Gasteiger partial charge in [0, 0.05) is 19.6 Å². The molecule has 0 heterocycles. The molecule has 2 heteroatoms. The van der Waals surface area contributed by atoms with Crippen molar-refractivity contribution in [2.75, 3.05) is 6.54 Å². The zero-order valence-electron chi connectivity index (χ0n) is 17.1. The lowest BCUT2D eigenvalue weighted by molar-refractivity contribution is 0.236. The number of hydrogen-bond acceptors (Lipinski definition) is 2. The Morgan fingerprint density at radius 3 is 1.97 bits per heavy atom. The van der Waals surface area contributed by atoms with Gasteiger partial charge in [-0.1, -0.05) is 90.5 Å². The summed E-state index contributed by atoms with van der Waals surface area (Å²) in [4.78, 5) is 2.51. The van der Waals surface area contributed by atoms with E-state index in [0.717, 1.165) is 32.5 Å². The smallest absolute Gasteiger partial charge is 0.0696 e. The molecule has 1 aliphatic carbocycles. The van der Waals surface area contributed by atoms with Gasteiger partial charge >= 0.3 is 0 Å². The molecule has 2 atom stereocenters. The average molecular weight is 381 g/mol. The minimum atomic E-state index is -0.205. The van der Waals surface area contributed by atoms with E-state index in [1.54, 1.807) is 0 Å². The fourth-order valence-electron chi connectivity index (χ4n) is 4.26. The summed E-state index contributed by atoms with van der Waals surface area (Å²) in [7, 11) is 0. The van der Waals surface area contributed by atoms with Crippen LogP contribution in [-0.2, 0) is 19.5 Å². The van der Waals surface area contributed by atoms with Crippen LogP contribution in [0.25, 0.3) is 0 Å². The lowest BCUT2D eigenvalue weighted by Crippen LogP contribution is -2.27. The number of nitrogens with zero attached hydrogens (tertiary/aromatic N) is 2. The Morgan fingerprint density at radius 2 is 1.38 bits per heavy atom. The summed E-state index contributed by atoms with van der Waals surface area (Å²) in [5, 5.41) is 9.94. The first-order valence-corrected chi connectivity index (χ1v) is 10.4. The van der Waals surface area contributed by atoms with Gasteiger partial charge in [-0.05, 0) is 42.4 Å². The van der Waals surface area contributed by atoms with E-state index >= 15 is 0 Å². The summed E-state index contributed by atoms with van der Waals surface area (Å²) in [6, 6.07) is 32.6. The Morgan fingerprint density at radius 1 is 0.828 bits per heavy atom. The van der Waals surface area contributed by atoms with Crippen LogP contribution < -0.4 is 0 Å². The lowest BCUT2D eigenvalue weighted by Gasteiger charge is -2.24. The number of nitriles is 1. The molecule has 0 bridgehead atoms. The molecule has 3 aromatic rings. The molecule has 0 radical (unpaired) electrons. The van der Waals surface area contributed by atoms with Crippen molar-refractivity contribution in [1.29, 1.82) is 5.26 Å². The van der Waals surface area contributed by atoms with E-state index in [9.17, 15) is 5.26 Å². The second-order valence-corrected chi connectivity index (χ2v) is 8.47. The first-order chi connectivity index (χ1) is 14.2.